The number of carbonyl (C=O) groups is 1. The maximum atomic E-state index is 11.7. The van der Waals surface area contributed by atoms with Crippen LogP contribution in [0, 0.1) is 5.92 Å². The average molecular weight is 247 g/mol. The highest BCUT2D eigenvalue weighted by Crippen LogP contribution is 2.18. The van der Waals surface area contributed by atoms with Crippen LogP contribution in [0.3, 0.4) is 0 Å². The summed E-state index contributed by atoms with van der Waals surface area (Å²) in [7, 11) is 0. The van der Waals surface area contributed by atoms with Crippen molar-refractivity contribution >= 4 is 18.3 Å². The van der Waals surface area contributed by atoms with Crippen LogP contribution in [0.4, 0.5) is 13.2 Å². The summed E-state index contributed by atoms with van der Waals surface area (Å²) in [6, 6.07) is 0. The smallest absolute Gasteiger partial charge is 0.355 e. The van der Waals surface area contributed by atoms with Crippen LogP contribution < -0.4 is 10.6 Å². The van der Waals surface area contributed by atoms with Gasteiger partial charge < -0.3 is 10.6 Å². The van der Waals surface area contributed by atoms with Gasteiger partial charge in [0.2, 0.25) is 5.91 Å². The predicted octanol–water partition coefficient (Wildman–Crippen LogP) is 1.09. The number of amides is 1. The van der Waals surface area contributed by atoms with Crippen LogP contribution in [-0.4, -0.2) is 31.7 Å². The summed E-state index contributed by atoms with van der Waals surface area (Å²) in [4.78, 5) is 11.2. The van der Waals surface area contributed by atoms with Crippen molar-refractivity contribution in [3.05, 3.63) is 0 Å². The number of hydrogen-bond donors (Lipinski definition) is 2. The first-order valence-electron chi connectivity index (χ1n) is 4.54. The lowest BCUT2D eigenvalue weighted by Gasteiger charge is -2.10. The first-order valence-corrected chi connectivity index (χ1v) is 4.54. The topological polar surface area (TPSA) is 41.1 Å². The highest BCUT2D eigenvalue weighted by atomic mass is 35.5. The number of alkyl halides is 3. The van der Waals surface area contributed by atoms with E-state index in [1.54, 1.807) is 0 Å². The first-order chi connectivity index (χ1) is 6.49. The van der Waals surface area contributed by atoms with Gasteiger partial charge in [-0.1, -0.05) is 0 Å². The third kappa shape index (κ3) is 5.84. The third-order valence-corrected chi connectivity index (χ3v) is 2.14. The molecule has 0 spiro atoms. The van der Waals surface area contributed by atoms with Crippen LogP contribution in [0.25, 0.3) is 0 Å². The van der Waals surface area contributed by atoms with Gasteiger partial charge in [-0.05, 0) is 13.0 Å². The van der Waals surface area contributed by atoms with Crippen LogP contribution in [0.5, 0.6) is 0 Å². The first kappa shape index (κ1) is 14.5. The van der Waals surface area contributed by atoms with Gasteiger partial charge in [-0.2, -0.15) is 13.2 Å². The largest absolute Gasteiger partial charge is 0.390 e. The molecule has 15 heavy (non-hydrogen) atoms. The second kappa shape index (κ2) is 6.17. The van der Waals surface area contributed by atoms with Crippen LogP contribution in [0.2, 0.25) is 0 Å². The standard InChI is InChI=1S/C8H13F3N2O.ClH/c9-8(10,11)2-4-13-7(14)6-1-3-12-5-6;/h6,12H,1-5H2,(H,13,14);1H/t6-;/m1./s1. The summed E-state index contributed by atoms with van der Waals surface area (Å²) < 4.78 is 35.2. The molecule has 7 heteroatoms. The summed E-state index contributed by atoms with van der Waals surface area (Å²) in [5, 5.41) is 5.26. The lowest BCUT2D eigenvalue weighted by atomic mass is 10.1. The molecule has 1 aliphatic heterocycles. The molecule has 0 aromatic carbocycles. The minimum atomic E-state index is -4.19. The Kier molecular flexibility index (Phi) is 5.97. The summed E-state index contributed by atoms with van der Waals surface area (Å²) in [5.74, 6) is -0.442. The van der Waals surface area contributed by atoms with Crippen molar-refractivity contribution in [2.45, 2.75) is 19.0 Å². The summed E-state index contributed by atoms with van der Waals surface area (Å²) in [5.41, 5.74) is 0. The molecule has 1 rings (SSSR count). The molecule has 1 heterocycles. The third-order valence-electron chi connectivity index (χ3n) is 2.14. The maximum Gasteiger partial charge on any atom is 0.390 e. The Bertz CT molecular complexity index is 205. The normalized spacial score (nSPS) is 20.9. The highest BCUT2D eigenvalue weighted by Gasteiger charge is 2.28. The number of hydrogen-bond acceptors (Lipinski definition) is 2. The van der Waals surface area contributed by atoms with Crippen molar-refractivity contribution in [1.29, 1.82) is 0 Å². The van der Waals surface area contributed by atoms with Crippen molar-refractivity contribution in [2.24, 2.45) is 5.92 Å². The van der Waals surface area contributed by atoms with Crippen LogP contribution in [0.15, 0.2) is 0 Å². The summed E-state index contributed by atoms with van der Waals surface area (Å²) in [6.07, 6.45) is -4.45. The molecule has 0 radical (unpaired) electrons. The zero-order valence-corrected chi connectivity index (χ0v) is 8.88. The van der Waals surface area contributed by atoms with Gasteiger partial charge in [0.25, 0.3) is 0 Å². The Hall–Kier alpha value is -0.490. The number of rotatable bonds is 3. The van der Waals surface area contributed by atoms with Gasteiger partial charge in [0, 0.05) is 13.1 Å². The Morgan fingerprint density at radius 3 is 2.60 bits per heavy atom. The van der Waals surface area contributed by atoms with Crippen molar-refractivity contribution in [2.75, 3.05) is 19.6 Å². The fraction of sp³-hybridized carbons (Fsp3) is 0.875. The number of nitrogens with one attached hydrogen (secondary N) is 2. The van der Waals surface area contributed by atoms with E-state index < -0.39 is 12.6 Å². The number of carbonyl (C=O) groups excluding carboxylic acids is 1. The molecule has 0 bridgehead atoms. The van der Waals surface area contributed by atoms with E-state index in [1.807, 2.05) is 0 Å². The maximum absolute atomic E-state index is 11.7. The fourth-order valence-electron chi connectivity index (χ4n) is 1.35. The number of halogens is 4. The van der Waals surface area contributed by atoms with E-state index in [2.05, 4.69) is 10.6 Å². The molecule has 0 aromatic rings. The molecule has 3 nitrogen and oxygen atoms in total. The lowest BCUT2D eigenvalue weighted by Crippen LogP contribution is -2.34. The minimum absolute atomic E-state index is 0. The van der Waals surface area contributed by atoms with Gasteiger partial charge in [0.05, 0.1) is 12.3 Å². The quantitative estimate of drug-likeness (QED) is 0.783. The van der Waals surface area contributed by atoms with E-state index in [0.29, 0.717) is 13.0 Å². The highest BCUT2D eigenvalue weighted by molar-refractivity contribution is 5.85. The molecule has 1 fully saturated rings. The molecular formula is C8H14ClF3N2O. The van der Waals surface area contributed by atoms with E-state index in [-0.39, 0.29) is 30.8 Å². The molecule has 1 saturated heterocycles. The SMILES string of the molecule is Cl.O=C(NCCC(F)(F)F)[C@@H]1CCNC1. The molecule has 0 saturated carbocycles. The molecular weight excluding hydrogens is 233 g/mol. The van der Waals surface area contributed by atoms with Crippen molar-refractivity contribution < 1.29 is 18.0 Å². The zero-order chi connectivity index (χ0) is 10.6. The minimum Gasteiger partial charge on any atom is -0.355 e. The molecule has 1 aliphatic rings. The van der Waals surface area contributed by atoms with E-state index in [1.165, 1.54) is 0 Å². The Morgan fingerprint density at radius 2 is 2.13 bits per heavy atom. The van der Waals surface area contributed by atoms with Crippen molar-refractivity contribution in [3.63, 3.8) is 0 Å². The monoisotopic (exact) mass is 246 g/mol. The molecule has 0 aliphatic carbocycles. The van der Waals surface area contributed by atoms with Gasteiger partial charge in [-0.25, -0.2) is 0 Å². The Balaban J connectivity index is 0.00000196. The van der Waals surface area contributed by atoms with Crippen molar-refractivity contribution in [3.8, 4) is 0 Å². The van der Waals surface area contributed by atoms with Crippen LogP contribution >= 0.6 is 12.4 Å². The summed E-state index contributed by atoms with van der Waals surface area (Å²) in [6.45, 7) is 1.01. The lowest BCUT2D eigenvalue weighted by molar-refractivity contribution is -0.136. The van der Waals surface area contributed by atoms with E-state index in [9.17, 15) is 18.0 Å². The molecule has 0 aromatic heterocycles. The Labute approximate surface area is 92.2 Å². The van der Waals surface area contributed by atoms with Crippen molar-refractivity contribution in [1.82, 2.24) is 10.6 Å². The van der Waals surface area contributed by atoms with E-state index in [4.69, 9.17) is 0 Å². The predicted molar refractivity (Wildman–Crippen MR) is 51.9 cm³/mol. The second-order valence-corrected chi connectivity index (χ2v) is 3.35. The molecule has 0 unspecified atom stereocenters. The molecule has 2 N–H and O–H groups in total. The van der Waals surface area contributed by atoms with Crippen LogP contribution in [-0.2, 0) is 4.79 Å². The zero-order valence-electron chi connectivity index (χ0n) is 8.06. The fourth-order valence-corrected chi connectivity index (χ4v) is 1.35. The van der Waals surface area contributed by atoms with Crippen LogP contribution in [0.1, 0.15) is 12.8 Å². The van der Waals surface area contributed by atoms with Gasteiger partial charge >= 0.3 is 6.18 Å². The molecule has 1 atom stereocenters. The van der Waals surface area contributed by atoms with Gasteiger partial charge in [-0.3, -0.25) is 4.79 Å². The summed E-state index contributed by atoms with van der Waals surface area (Å²) >= 11 is 0. The van der Waals surface area contributed by atoms with Gasteiger partial charge in [0.15, 0.2) is 0 Å². The van der Waals surface area contributed by atoms with E-state index >= 15 is 0 Å². The van der Waals surface area contributed by atoms with E-state index in [0.717, 1.165) is 6.54 Å². The molecule has 90 valence electrons. The average Bonchev–Trinajstić information content (AvgIpc) is 2.53. The second-order valence-electron chi connectivity index (χ2n) is 3.35. The molecule has 1 amide bonds. The van der Waals surface area contributed by atoms with Gasteiger partial charge in [0.1, 0.15) is 0 Å². The van der Waals surface area contributed by atoms with Gasteiger partial charge in [-0.15, -0.1) is 12.4 Å². The Morgan fingerprint density at radius 1 is 1.47 bits per heavy atom.